The Balaban J connectivity index is 1.64. The smallest absolute Gasteiger partial charge is 0.296 e. The summed E-state index contributed by atoms with van der Waals surface area (Å²) in [6.45, 7) is 0.848. The molecule has 0 bridgehead atoms. The van der Waals surface area contributed by atoms with Gasteiger partial charge in [0, 0.05) is 19.6 Å². The summed E-state index contributed by atoms with van der Waals surface area (Å²) >= 11 is 0. The summed E-state index contributed by atoms with van der Waals surface area (Å²) in [5.74, 6) is -1.37. The number of carbonyl (C=O) groups excluding carboxylic acids is 1. The number of halogens is 1. The highest BCUT2D eigenvalue weighted by Crippen LogP contribution is 2.52. The highest BCUT2D eigenvalue weighted by molar-refractivity contribution is 8.22. The van der Waals surface area contributed by atoms with E-state index in [2.05, 4.69) is 10.3 Å². The number of nitrogens with one attached hydrogen (secondary N) is 1. The van der Waals surface area contributed by atoms with Crippen LogP contribution in [-0.4, -0.2) is 46.3 Å². The molecule has 0 saturated carbocycles. The van der Waals surface area contributed by atoms with Crippen LogP contribution < -0.4 is 10.9 Å². The number of aromatic nitrogens is 2. The molecule has 1 atom stereocenters. The standard InChI is InChI=1S/C20H25FN4O5S/c21-14-7-5-13(6-8-14)12-22-19(27)16-17(26)20(28)24-9-3-4-15(18(24)23-16)25-10-1-2-11-31(25,29)30/h5-8,15,26,29-30H,1-4,9-12H2,(H,22,27). The van der Waals surface area contributed by atoms with Crippen molar-refractivity contribution in [3.05, 3.63) is 57.5 Å². The first-order valence-electron chi connectivity index (χ1n) is 10.2. The predicted molar refractivity (Wildman–Crippen MR) is 113 cm³/mol. The van der Waals surface area contributed by atoms with Crippen LogP contribution >= 0.6 is 10.8 Å². The predicted octanol–water partition coefficient (Wildman–Crippen LogP) is 2.61. The lowest BCUT2D eigenvalue weighted by atomic mass is 10.1. The topological polar surface area (TPSA) is 128 Å². The third-order valence-electron chi connectivity index (χ3n) is 5.68. The zero-order valence-electron chi connectivity index (χ0n) is 16.8. The minimum atomic E-state index is -2.99. The lowest BCUT2D eigenvalue weighted by molar-refractivity contribution is 0.0940. The molecule has 0 aliphatic carbocycles. The Hall–Kier alpha value is -2.47. The van der Waals surface area contributed by atoms with Crippen molar-refractivity contribution >= 4 is 16.7 Å². The third-order valence-corrected chi connectivity index (χ3v) is 7.71. The number of hydrogen-bond donors (Lipinski definition) is 4. The van der Waals surface area contributed by atoms with Crippen LogP contribution in [0.1, 0.15) is 53.6 Å². The van der Waals surface area contributed by atoms with Gasteiger partial charge in [-0.25, -0.2) is 9.37 Å². The lowest BCUT2D eigenvalue weighted by Gasteiger charge is -2.50. The van der Waals surface area contributed by atoms with Crippen molar-refractivity contribution in [1.29, 1.82) is 0 Å². The Morgan fingerprint density at radius 3 is 2.65 bits per heavy atom. The van der Waals surface area contributed by atoms with E-state index in [4.69, 9.17) is 0 Å². The third kappa shape index (κ3) is 4.31. The van der Waals surface area contributed by atoms with Gasteiger partial charge < -0.3 is 10.4 Å². The molecule has 2 aliphatic rings. The molecule has 2 aliphatic heterocycles. The molecule has 1 aromatic heterocycles. The summed E-state index contributed by atoms with van der Waals surface area (Å²) in [6.07, 6.45) is 2.67. The summed E-state index contributed by atoms with van der Waals surface area (Å²) in [7, 11) is -2.99. The van der Waals surface area contributed by atoms with Crippen LogP contribution in [-0.2, 0) is 13.1 Å². The van der Waals surface area contributed by atoms with Crippen molar-refractivity contribution < 1.29 is 23.4 Å². The average Bonchev–Trinajstić information content (AvgIpc) is 2.75. The van der Waals surface area contributed by atoms with Gasteiger partial charge in [-0.1, -0.05) is 12.1 Å². The molecule has 9 nitrogen and oxygen atoms in total. The molecular weight excluding hydrogens is 427 g/mol. The van der Waals surface area contributed by atoms with Gasteiger partial charge in [0.15, 0.2) is 5.69 Å². The van der Waals surface area contributed by atoms with E-state index in [1.165, 1.54) is 28.8 Å². The number of amides is 1. The fourth-order valence-electron chi connectivity index (χ4n) is 4.09. The molecule has 31 heavy (non-hydrogen) atoms. The van der Waals surface area contributed by atoms with Gasteiger partial charge in [-0.05, 0) is 43.4 Å². The van der Waals surface area contributed by atoms with Crippen molar-refractivity contribution in [2.45, 2.75) is 44.8 Å². The van der Waals surface area contributed by atoms with E-state index >= 15 is 0 Å². The van der Waals surface area contributed by atoms with Crippen molar-refractivity contribution in [3.8, 4) is 5.75 Å². The fourth-order valence-corrected chi connectivity index (χ4v) is 5.94. The van der Waals surface area contributed by atoms with Gasteiger partial charge in [0.05, 0.1) is 11.8 Å². The Morgan fingerprint density at radius 2 is 1.94 bits per heavy atom. The first-order valence-corrected chi connectivity index (χ1v) is 11.8. The second-order valence-corrected chi connectivity index (χ2v) is 9.92. The molecule has 11 heteroatoms. The lowest BCUT2D eigenvalue weighted by Crippen LogP contribution is -2.43. The summed E-state index contributed by atoms with van der Waals surface area (Å²) < 4.78 is 37.0. The van der Waals surface area contributed by atoms with Gasteiger partial charge in [-0.3, -0.25) is 23.3 Å². The molecule has 1 fully saturated rings. The van der Waals surface area contributed by atoms with Crippen LogP contribution in [0.15, 0.2) is 29.1 Å². The Morgan fingerprint density at radius 1 is 1.19 bits per heavy atom. The van der Waals surface area contributed by atoms with E-state index in [1.54, 1.807) is 4.31 Å². The molecule has 3 heterocycles. The number of hydrogen-bond acceptors (Lipinski definition) is 7. The van der Waals surface area contributed by atoms with Crippen LogP contribution in [0.4, 0.5) is 4.39 Å². The van der Waals surface area contributed by atoms with E-state index in [0.717, 1.165) is 6.42 Å². The van der Waals surface area contributed by atoms with Gasteiger partial charge in [0.1, 0.15) is 11.6 Å². The molecule has 2 aromatic rings. The van der Waals surface area contributed by atoms with Gasteiger partial charge in [0.25, 0.3) is 11.5 Å². The van der Waals surface area contributed by atoms with Crippen LogP contribution in [0.2, 0.25) is 0 Å². The zero-order valence-corrected chi connectivity index (χ0v) is 17.6. The van der Waals surface area contributed by atoms with Crippen molar-refractivity contribution in [2.75, 3.05) is 12.3 Å². The number of benzene rings is 1. The van der Waals surface area contributed by atoms with E-state index in [1.807, 2.05) is 0 Å². The number of nitrogens with zero attached hydrogens (tertiary/aromatic N) is 3. The molecular formula is C20H25FN4O5S. The highest BCUT2D eigenvalue weighted by atomic mass is 32.3. The van der Waals surface area contributed by atoms with E-state index in [0.29, 0.717) is 37.9 Å². The summed E-state index contributed by atoms with van der Waals surface area (Å²) in [5, 5.41) is 12.9. The number of carbonyl (C=O) groups is 1. The van der Waals surface area contributed by atoms with Gasteiger partial charge in [-0.15, -0.1) is 10.8 Å². The van der Waals surface area contributed by atoms with E-state index in [9.17, 15) is 28.2 Å². The number of fused-ring (bicyclic) bond motifs is 1. The van der Waals surface area contributed by atoms with Gasteiger partial charge in [0.2, 0.25) is 5.75 Å². The van der Waals surface area contributed by atoms with Gasteiger partial charge in [-0.2, -0.15) is 4.31 Å². The maximum Gasteiger partial charge on any atom is 0.296 e. The van der Waals surface area contributed by atoms with Crippen LogP contribution in [0, 0.1) is 5.82 Å². The Labute approximate surface area is 180 Å². The number of aromatic hydroxyl groups is 1. The van der Waals surface area contributed by atoms with Crippen LogP contribution in [0.3, 0.4) is 0 Å². The molecule has 4 N–H and O–H groups in total. The quantitative estimate of drug-likeness (QED) is 0.561. The fraction of sp³-hybridized carbons (Fsp3) is 0.450. The second-order valence-electron chi connectivity index (χ2n) is 7.78. The molecule has 0 radical (unpaired) electrons. The molecule has 1 aromatic carbocycles. The Kier molecular flexibility index (Phi) is 6.02. The maximum atomic E-state index is 13.0. The molecule has 1 saturated heterocycles. The number of rotatable bonds is 4. The maximum absolute atomic E-state index is 13.0. The van der Waals surface area contributed by atoms with Crippen LogP contribution in [0.25, 0.3) is 0 Å². The normalized spacial score (nSPS) is 21.8. The monoisotopic (exact) mass is 452 g/mol. The van der Waals surface area contributed by atoms with Crippen LogP contribution in [0.5, 0.6) is 5.75 Å². The largest absolute Gasteiger partial charge is 0.501 e. The van der Waals surface area contributed by atoms with Gasteiger partial charge >= 0.3 is 0 Å². The van der Waals surface area contributed by atoms with Crippen molar-refractivity contribution in [1.82, 2.24) is 19.2 Å². The van der Waals surface area contributed by atoms with E-state index < -0.39 is 45.5 Å². The summed E-state index contributed by atoms with van der Waals surface area (Å²) in [6, 6.07) is 5.04. The second kappa shape index (κ2) is 8.58. The zero-order chi connectivity index (χ0) is 22.2. The molecule has 0 spiro atoms. The van der Waals surface area contributed by atoms with Crippen molar-refractivity contribution in [2.24, 2.45) is 0 Å². The summed E-state index contributed by atoms with van der Waals surface area (Å²) in [5.41, 5.74) is -0.488. The Bertz CT molecular complexity index is 1040. The average molecular weight is 453 g/mol. The van der Waals surface area contributed by atoms with Crippen molar-refractivity contribution in [3.63, 3.8) is 0 Å². The molecule has 4 rings (SSSR count). The molecule has 1 unspecified atom stereocenters. The highest BCUT2D eigenvalue weighted by Gasteiger charge is 2.38. The minimum absolute atomic E-state index is 0.0642. The summed E-state index contributed by atoms with van der Waals surface area (Å²) in [4.78, 5) is 29.8. The minimum Gasteiger partial charge on any atom is -0.501 e. The molecule has 168 valence electrons. The first-order chi connectivity index (χ1) is 14.8. The SMILES string of the molecule is O=C(NCc1ccc(F)cc1)c1nc2n(c(=O)c1O)CCCC2N1CCCCS1(O)O. The first kappa shape index (κ1) is 21.8. The molecule has 1 amide bonds. The van der Waals surface area contributed by atoms with E-state index in [-0.39, 0.29) is 18.1 Å².